The highest BCUT2D eigenvalue weighted by Gasteiger charge is 2.51. The summed E-state index contributed by atoms with van der Waals surface area (Å²) in [4.78, 5) is 38.4. The lowest BCUT2D eigenvalue weighted by molar-refractivity contribution is -0.151. The standard InChI is InChI=1S/C46H60N2O6Si/c1-11-12-23-36(54-55(46(7,8)9,37-25-15-13-16-26-37)38-27-17-14-18-28-38)24-21-32-47-43(50)42(45(4,5)6)48-41(49)29-20-19-22-34(2)33-35(3)39-30-31-40(52-10)44(51)53-39/h13-22,25-29,31-33,35-36,39,42H,23-24,30H2,1-10H3,(H,47,50)(H,48,49)/b22-19+,29-20+,32-21+,34-33+/t35-,36-,39?,42?/m1/s1. The Morgan fingerprint density at radius 2 is 1.58 bits per heavy atom. The number of methoxy groups -OCH3 is 1. The van der Waals surface area contributed by atoms with Crippen molar-refractivity contribution >= 4 is 36.5 Å². The van der Waals surface area contributed by atoms with Crippen molar-refractivity contribution < 1.29 is 28.3 Å². The van der Waals surface area contributed by atoms with Crippen LogP contribution < -0.4 is 21.0 Å². The summed E-state index contributed by atoms with van der Waals surface area (Å²) in [5.41, 5.74) is 0.398. The summed E-state index contributed by atoms with van der Waals surface area (Å²) in [7, 11) is -1.37. The number of amides is 2. The lowest BCUT2D eigenvalue weighted by Gasteiger charge is -2.45. The molecule has 0 bridgehead atoms. The molecule has 0 spiro atoms. The number of carbonyl (C=O) groups excluding carboxylic acids is 3. The Labute approximate surface area is 330 Å². The molecule has 4 atom stereocenters. The number of carbonyl (C=O) groups is 3. The van der Waals surface area contributed by atoms with Crippen molar-refractivity contribution in [3.8, 4) is 11.8 Å². The monoisotopic (exact) mass is 764 g/mol. The Morgan fingerprint density at radius 1 is 0.982 bits per heavy atom. The first-order valence-electron chi connectivity index (χ1n) is 19.0. The van der Waals surface area contributed by atoms with E-state index in [9.17, 15) is 14.4 Å². The molecule has 2 N–H and O–H groups in total. The predicted molar refractivity (Wildman–Crippen MR) is 225 cm³/mol. The topological polar surface area (TPSA) is 103 Å². The first kappa shape index (κ1) is 44.5. The predicted octanol–water partition coefficient (Wildman–Crippen LogP) is 7.44. The van der Waals surface area contributed by atoms with Gasteiger partial charge in [0.15, 0.2) is 5.76 Å². The summed E-state index contributed by atoms with van der Waals surface area (Å²) in [6, 6.07) is 20.2. The molecule has 0 aromatic heterocycles. The first-order chi connectivity index (χ1) is 26.0. The molecule has 1 aliphatic rings. The fourth-order valence-electron chi connectivity index (χ4n) is 6.61. The van der Waals surface area contributed by atoms with Crippen LogP contribution in [-0.4, -0.2) is 51.5 Å². The SMILES string of the molecule is CC#CC[C@H](C/C=C/NC(=O)C(NC(=O)/C=C/C=C/C(C)=C/[C@@H](C)C1CC=C(OC)C(=O)O1)C(C)(C)C)O[Si](c1ccccc1)(c1ccccc1)C(C)(C)C. The van der Waals surface area contributed by atoms with Crippen LogP contribution in [0.5, 0.6) is 0 Å². The van der Waals surface area contributed by atoms with E-state index < -0.39 is 25.7 Å². The molecule has 0 saturated heterocycles. The quantitative estimate of drug-likeness (QED) is 0.0606. The normalized spacial score (nSPS) is 17.2. The largest absolute Gasteiger partial charge is 0.490 e. The number of hydrogen-bond donors (Lipinski definition) is 2. The third kappa shape index (κ3) is 12.8. The van der Waals surface area contributed by atoms with E-state index in [1.165, 1.54) is 23.6 Å². The molecule has 55 heavy (non-hydrogen) atoms. The lowest BCUT2D eigenvalue weighted by Crippen LogP contribution is -2.67. The molecular formula is C46H60N2O6Si. The maximum atomic E-state index is 13.5. The Balaban J connectivity index is 1.68. The van der Waals surface area contributed by atoms with Crippen molar-refractivity contribution in [2.75, 3.05) is 7.11 Å². The lowest BCUT2D eigenvalue weighted by atomic mass is 9.86. The number of rotatable bonds is 16. The number of hydrogen-bond acceptors (Lipinski definition) is 6. The van der Waals surface area contributed by atoms with Gasteiger partial charge in [0, 0.05) is 24.8 Å². The summed E-state index contributed by atoms with van der Waals surface area (Å²) in [6.45, 7) is 18.2. The Bertz CT molecular complexity index is 1760. The minimum absolute atomic E-state index is 0.0125. The zero-order valence-corrected chi connectivity index (χ0v) is 35.3. The van der Waals surface area contributed by atoms with Crippen LogP contribution in [-0.2, 0) is 28.3 Å². The van der Waals surface area contributed by atoms with Crippen molar-refractivity contribution in [2.24, 2.45) is 11.3 Å². The maximum Gasteiger partial charge on any atom is 0.373 e. The molecule has 2 aromatic rings. The van der Waals surface area contributed by atoms with Crippen LogP contribution in [0.1, 0.15) is 81.6 Å². The van der Waals surface area contributed by atoms with Crippen molar-refractivity contribution in [2.45, 2.75) is 105 Å². The summed E-state index contributed by atoms with van der Waals surface area (Å²) in [6.07, 6.45) is 15.1. The van der Waals surface area contributed by atoms with E-state index in [0.717, 1.165) is 5.57 Å². The van der Waals surface area contributed by atoms with Crippen LogP contribution in [0.15, 0.2) is 121 Å². The van der Waals surface area contributed by atoms with Crippen LogP contribution in [0, 0.1) is 23.2 Å². The van der Waals surface area contributed by atoms with Crippen molar-refractivity contribution in [3.63, 3.8) is 0 Å². The van der Waals surface area contributed by atoms with E-state index in [2.05, 4.69) is 91.8 Å². The Morgan fingerprint density at radius 3 is 2.11 bits per heavy atom. The molecule has 294 valence electrons. The van der Waals surface area contributed by atoms with Crippen LogP contribution in [0.3, 0.4) is 0 Å². The molecular weight excluding hydrogens is 705 g/mol. The van der Waals surface area contributed by atoms with Gasteiger partial charge in [-0.2, -0.15) is 0 Å². The molecule has 3 rings (SSSR count). The molecule has 2 unspecified atom stereocenters. The number of esters is 1. The highest BCUT2D eigenvalue weighted by Crippen LogP contribution is 2.38. The van der Waals surface area contributed by atoms with Gasteiger partial charge in [0.05, 0.1) is 13.2 Å². The third-order valence-corrected chi connectivity index (χ3v) is 14.6. The minimum atomic E-state index is -2.82. The van der Waals surface area contributed by atoms with Gasteiger partial charge in [0.1, 0.15) is 12.1 Å². The molecule has 2 aromatic carbocycles. The summed E-state index contributed by atoms with van der Waals surface area (Å²) >= 11 is 0. The van der Waals surface area contributed by atoms with E-state index in [1.54, 1.807) is 24.4 Å². The van der Waals surface area contributed by atoms with Gasteiger partial charge in [-0.1, -0.05) is 145 Å². The fraction of sp³-hybridized carbons (Fsp3) is 0.413. The second kappa shape index (κ2) is 20.7. The molecule has 0 saturated carbocycles. The van der Waals surface area contributed by atoms with Crippen molar-refractivity contribution in [1.29, 1.82) is 0 Å². The van der Waals surface area contributed by atoms with Gasteiger partial charge in [-0.05, 0) is 53.4 Å². The van der Waals surface area contributed by atoms with Crippen LogP contribution in [0.4, 0.5) is 0 Å². The second-order valence-electron chi connectivity index (χ2n) is 15.9. The fourth-order valence-corrected chi connectivity index (χ4v) is 11.3. The van der Waals surface area contributed by atoms with Gasteiger partial charge in [-0.3, -0.25) is 9.59 Å². The zero-order valence-electron chi connectivity index (χ0n) is 34.3. The van der Waals surface area contributed by atoms with Crippen molar-refractivity contribution in [1.82, 2.24) is 10.6 Å². The molecule has 2 amide bonds. The average Bonchev–Trinajstić information content (AvgIpc) is 3.14. The van der Waals surface area contributed by atoms with Gasteiger partial charge in [-0.25, -0.2) is 4.79 Å². The molecule has 1 heterocycles. The first-order valence-corrected chi connectivity index (χ1v) is 20.9. The molecule has 1 aliphatic heterocycles. The molecule has 0 fully saturated rings. The summed E-state index contributed by atoms with van der Waals surface area (Å²) < 4.78 is 17.9. The third-order valence-electron chi connectivity index (χ3n) is 9.47. The smallest absolute Gasteiger partial charge is 0.373 e. The van der Waals surface area contributed by atoms with E-state index in [4.69, 9.17) is 13.9 Å². The van der Waals surface area contributed by atoms with Gasteiger partial charge >= 0.3 is 5.97 Å². The number of benzene rings is 2. The Hall–Kier alpha value is -4.91. The maximum absolute atomic E-state index is 13.5. The van der Waals surface area contributed by atoms with Crippen LogP contribution in [0.25, 0.3) is 0 Å². The van der Waals surface area contributed by atoms with E-state index in [0.29, 0.717) is 19.3 Å². The number of allylic oxidation sites excluding steroid dienone is 4. The van der Waals surface area contributed by atoms with Gasteiger partial charge in [0.25, 0.3) is 8.32 Å². The Kier molecular flexibility index (Phi) is 16.7. The van der Waals surface area contributed by atoms with E-state index in [-0.39, 0.29) is 40.7 Å². The molecule has 8 nitrogen and oxygen atoms in total. The number of cyclic esters (lactones) is 1. The van der Waals surface area contributed by atoms with E-state index in [1.807, 2.05) is 71.9 Å². The van der Waals surface area contributed by atoms with Gasteiger partial charge in [-0.15, -0.1) is 11.8 Å². The highest BCUT2D eigenvalue weighted by atomic mass is 28.4. The molecule has 9 heteroatoms. The highest BCUT2D eigenvalue weighted by molar-refractivity contribution is 6.99. The van der Waals surface area contributed by atoms with Crippen LogP contribution >= 0.6 is 0 Å². The summed E-state index contributed by atoms with van der Waals surface area (Å²) in [5, 5.41) is 7.96. The zero-order chi connectivity index (χ0) is 40.6. The van der Waals surface area contributed by atoms with Gasteiger partial charge in [0.2, 0.25) is 11.8 Å². The minimum Gasteiger partial charge on any atom is -0.490 e. The van der Waals surface area contributed by atoms with E-state index >= 15 is 0 Å². The molecule has 0 aliphatic carbocycles. The molecule has 0 radical (unpaired) electrons. The number of nitrogens with one attached hydrogen (secondary N) is 2. The van der Waals surface area contributed by atoms with Crippen molar-refractivity contribution in [3.05, 3.63) is 121 Å². The number of ether oxygens (including phenoxy) is 2. The average molecular weight is 765 g/mol. The van der Waals surface area contributed by atoms with Crippen LogP contribution in [0.2, 0.25) is 5.04 Å². The van der Waals surface area contributed by atoms with Gasteiger partial charge < -0.3 is 24.5 Å². The second-order valence-corrected chi connectivity index (χ2v) is 20.2. The summed E-state index contributed by atoms with van der Waals surface area (Å²) in [5.74, 6) is 5.32.